The second-order valence-electron chi connectivity index (χ2n) is 4.87. The number of rotatable bonds is 5. The minimum absolute atomic E-state index is 0.165. The molecule has 4 nitrogen and oxygen atoms in total. The number of aryl methyl sites for hydroxylation is 2. The highest BCUT2D eigenvalue weighted by atomic mass is 16.6. The molecule has 104 valence electrons. The normalized spacial score (nSPS) is 10.3. The van der Waals surface area contributed by atoms with Crippen LogP contribution >= 0.6 is 0 Å². The lowest BCUT2D eigenvalue weighted by atomic mass is 10.1. The zero-order chi connectivity index (χ0) is 14.5. The third-order valence-corrected chi connectivity index (χ3v) is 3.31. The van der Waals surface area contributed by atoms with Crippen molar-refractivity contribution in [2.75, 3.05) is 11.9 Å². The highest BCUT2D eigenvalue weighted by Crippen LogP contribution is 2.26. The molecule has 0 spiro atoms. The molecule has 2 aromatic rings. The smallest absolute Gasteiger partial charge is 0.274 e. The van der Waals surface area contributed by atoms with Crippen molar-refractivity contribution < 1.29 is 4.92 Å². The quantitative estimate of drug-likeness (QED) is 0.663. The summed E-state index contributed by atoms with van der Waals surface area (Å²) in [6, 6.07) is 13.6. The fraction of sp³-hybridized carbons (Fsp3) is 0.250. The van der Waals surface area contributed by atoms with Gasteiger partial charge < -0.3 is 5.32 Å². The lowest BCUT2D eigenvalue weighted by Gasteiger charge is -2.10. The van der Waals surface area contributed by atoms with Gasteiger partial charge in [-0.25, -0.2) is 0 Å². The standard InChI is InChI=1S/C16H18N2O2/c1-12-10-13(2)16(18(19)20)11-15(12)17-9-8-14-6-4-3-5-7-14/h3-7,10-11,17H,8-9H2,1-2H3. The van der Waals surface area contributed by atoms with Gasteiger partial charge in [-0.3, -0.25) is 10.1 Å². The first kappa shape index (κ1) is 14.1. The fourth-order valence-electron chi connectivity index (χ4n) is 2.21. The highest BCUT2D eigenvalue weighted by Gasteiger charge is 2.13. The van der Waals surface area contributed by atoms with Crippen molar-refractivity contribution in [3.63, 3.8) is 0 Å². The first-order valence-electron chi connectivity index (χ1n) is 6.61. The summed E-state index contributed by atoms with van der Waals surface area (Å²) in [5.41, 5.74) is 3.97. The number of anilines is 1. The summed E-state index contributed by atoms with van der Waals surface area (Å²) in [4.78, 5) is 10.6. The van der Waals surface area contributed by atoms with Gasteiger partial charge in [0.15, 0.2) is 0 Å². The maximum atomic E-state index is 11.0. The zero-order valence-electron chi connectivity index (χ0n) is 11.7. The molecule has 0 saturated heterocycles. The molecule has 0 bridgehead atoms. The minimum Gasteiger partial charge on any atom is -0.384 e. The van der Waals surface area contributed by atoms with Gasteiger partial charge in [0.05, 0.1) is 4.92 Å². The van der Waals surface area contributed by atoms with E-state index >= 15 is 0 Å². The largest absolute Gasteiger partial charge is 0.384 e. The Morgan fingerprint density at radius 3 is 2.45 bits per heavy atom. The van der Waals surface area contributed by atoms with Crippen LogP contribution in [-0.2, 0) is 6.42 Å². The molecule has 0 aliphatic carbocycles. The molecule has 2 aromatic carbocycles. The van der Waals surface area contributed by atoms with E-state index in [0.717, 1.165) is 24.2 Å². The van der Waals surface area contributed by atoms with E-state index in [-0.39, 0.29) is 10.6 Å². The molecule has 0 saturated carbocycles. The Bertz CT molecular complexity index is 609. The summed E-state index contributed by atoms with van der Waals surface area (Å²) >= 11 is 0. The van der Waals surface area contributed by atoms with Gasteiger partial charge >= 0.3 is 0 Å². The first-order chi connectivity index (χ1) is 9.58. The van der Waals surface area contributed by atoms with E-state index in [2.05, 4.69) is 17.4 Å². The maximum Gasteiger partial charge on any atom is 0.274 e. The van der Waals surface area contributed by atoms with Crippen molar-refractivity contribution in [2.24, 2.45) is 0 Å². The predicted molar refractivity (Wildman–Crippen MR) is 81.2 cm³/mol. The number of hydrogen-bond donors (Lipinski definition) is 1. The summed E-state index contributed by atoms with van der Waals surface area (Å²) in [6.07, 6.45) is 0.891. The molecule has 0 unspecified atom stereocenters. The second kappa shape index (κ2) is 6.19. The van der Waals surface area contributed by atoms with Crippen molar-refractivity contribution in [1.29, 1.82) is 0 Å². The van der Waals surface area contributed by atoms with Gasteiger partial charge in [0.25, 0.3) is 5.69 Å². The molecule has 0 fully saturated rings. The first-order valence-corrected chi connectivity index (χ1v) is 6.61. The lowest BCUT2D eigenvalue weighted by molar-refractivity contribution is -0.385. The number of nitro groups is 1. The fourth-order valence-corrected chi connectivity index (χ4v) is 2.21. The number of nitrogens with one attached hydrogen (secondary N) is 1. The summed E-state index contributed by atoms with van der Waals surface area (Å²) in [7, 11) is 0. The molecule has 1 N–H and O–H groups in total. The Hall–Kier alpha value is -2.36. The van der Waals surface area contributed by atoms with Crippen LogP contribution in [0.15, 0.2) is 42.5 Å². The highest BCUT2D eigenvalue weighted by molar-refractivity contribution is 5.60. The Labute approximate surface area is 118 Å². The Balaban J connectivity index is 2.06. The zero-order valence-corrected chi connectivity index (χ0v) is 11.7. The summed E-state index contributed by atoms with van der Waals surface area (Å²) in [5.74, 6) is 0. The van der Waals surface area contributed by atoms with E-state index < -0.39 is 0 Å². The molecule has 0 radical (unpaired) electrons. The molecule has 0 aliphatic rings. The van der Waals surface area contributed by atoms with Crippen LogP contribution in [0.1, 0.15) is 16.7 Å². The molecule has 0 heterocycles. The van der Waals surface area contributed by atoms with Gasteiger partial charge in [-0.2, -0.15) is 0 Å². The predicted octanol–water partition coefficient (Wildman–Crippen LogP) is 3.87. The van der Waals surface area contributed by atoms with Crippen molar-refractivity contribution in [3.8, 4) is 0 Å². The molecular formula is C16H18N2O2. The molecule has 2 rings (SSSR count). The van der Waals surface area contributed by atoms with Gasteiger partial charge in [0.2, 0.25) is 0 Å². The average molecular weight is 270 g/mol. The van der Waals surface area contributed by atoms with E-state index in [4.69, 9.17) is 0 Å². The topological polar surface area (TPSA) is 55.2 Å². The SMILES string of the molecule is Cc1cc(C)c([N+](=O)[O-])cc1NCCc1ccccc1. The minimum atomic E-state index is -0.336. The molecule has 0 aliphatic heterocycles. The van der Waals surface area contributed by atoms with E-state index in [1.807, 2.05) is 31.2 Å². The lowest BCUT2D eigenvalue weighted by Crippen LogP contribution is -2.07. The van der Waals surface area contributed by atoms with Gasteiger partial charge in [-0.1, -0.05) is 30.3 Å². The second-order valence-corrected chi connectivity index (χ2v) is 4.87. The maximum absolute atomic E-state index is 11.0. The van der Waals surface area contributed by atoms with Crippen LogP contribution in [-0.4, -0.2) is 11.5 Å². The van der Waals surface area contributed by atoms with Gasteiger partial charge in [0, 0.05) is 23.9 Å². The third-order valence-electron chi connectivity index (χ3n) is 3.31. The monoisotopic (exact) mass is 270 g/mol. The van der Waals surface area contributed by atoms with Crippen LogP contribution in [0.3, 0.4) is 0 Å². The molecular weight excluding hydrogens is 252 g/mol. The van der Waals surface area contributed by atoms with Crippen LogP contribution in [0, 0.1) is 24.0 Å². The van der Waals surface area contributed by atoms with Crippen LogP contribution in [0.2, 0.25) is 0 Å². The van der Waals surface area contributed by atoms with E-state index in [1.165, 1.54) is 5.56 Å². The number of hydrogen-bond acceptors (Lipinski definition) is 3. The summed E-state index contributed by atoms with van der Waals surface area (Å²) in [6.45, 7) is 4.48. The van der Waals surface area contributed by atoms with Crippen LogP contribution in [0.5, 0.6) is 0 Å². The number of benzene rings is 2. The van der Waals surface area contributed by atoms with Crippen molar-refractivity contribution in [3.05, 3.63) is 69.3 Å². The Kier molecular flexibility index (Phi) is 4.35. The van der Waals surface area contributed by atoms with Crippen LogP contribution < -0.4 is 5.32 Å². The number of nitro benzene ring substituents is 1. The van der Waals surface area contributed by atoms with Gasteiger partial charge in [0.1, 0.15) is 0 Å². The molecule has 20 heavy (non-hydrogen) atoms. The summed E-state index contributed by atoms with van der Waals surface area (Å²) in [5, 5.41) is 14.2. The molecule has 0 atom stereocenters. The van der Waals surface area contributed by atoms with Crippen molar-refractivity contribution in [1.82, 2.24) is 0 Å². The Morgan fingerprint density at radius 1 is 1.10 bits per heavy atom. The van der Waals surface area contributed by atoms with E-state index in [1.54, 1.807) is 13.0 Å². The third kappa shape index (κ3) is 3.35. The molecule has 4 heteroatoms. The van der Waals surface area contributed by atoms with Gasteiger partial charge in [-0.05, 0) is 37.5 Å². The van der Waals surface area contributed by atoms with Crippen molar-refractivity contribution >= 4 is 11.4 Å². The van der Waals surface area contributed by atoms with Crippen molar-refractivity contribution in [2.45, 2.75) is 20.3 Å². The van der Waals surface area contributed by atoms with Gasteiger partial charge in [-0.15, -0.1) is 0 Å². The molecule has 0 amide bonds. The van der Waals surface area contributed by atoms with Crippen LogP contribution in [0.25, 0.3) is 0 Å². The average Bonchev–Trinajstić information content (AvgIpc) is 2.42. The molecule has 0 aromatic heterocycles. The van der Waals surface area contributed by atoms with E-state index in [9.17, 15) is 10.1 Å². The van der Waals surface area contributed by atoms with Crippen LogP contribution in [0.4, 0.5) is 11.4 Å². The van der Waals surface area contributed by atoms with E-state index in [0.29, 0.717) is 5.56 Å². The summed E-state index contributed by atoms with van der Waals surface area (Å²) < 4.78 is 0. The number of nitrogens with zero attached hydrogens (tertiary/aromatic N) is 1. The Morgan fingerprint density at radius 2 is 1.80 bits per heavy atom.